The molecule has 7 heteroatoms. The molecule has 28 heavy (non-hydrogen) atoms. The van der Waals surface area contributed by atoms with Gasteiger partial charge in [0.15, 0.2) is 0 Å². The molecule has 5 nitrogen and oxygen atoms in total. The minimum absolute atomic E-state index is 0.0343. The summed E-state index contributed by atoms with van der Waals surface area (Å²) in [5, 5.41) is 9.59. The molecule has 3 aromatic rings. The lowest BCUT2D eigenvalue weighted by atomic mass is 10.0. The third kappa shape index (κ3) is 3.82. The molecular weight excluding hydrogens is 385 g/mol. The molecule has 0 heterocycles. The lowest BCUT2D eigenvalue weighted by Gasteiger charge is -2.14. The van der Waals surface area contributed by atoms with Gasteiger partial charge >= 0.3 is 5.97 Å². The van der Waals surface area contributed by atoms with Crippen molar-refractivity contribution < 1.29 is 23.9 Å². The third-order valence-electron chi connectivity index (χ3n) is 4.14. The Morgan fingerprint density at radius 1 is 1.00 bits per heavy atom. The quantitative estimate of drug-likeness (QED) is 0.595. The van der Waals surface area contributed by atoms with E-state index in [9.17, 15) is 19.2 Å². The van der Waals surface area contributed by atoms with Crippen LogP contribution in [0.15, 0.2) is 66.7 Å². The summed E-state index contributed by atoms with van der Waals surface area (Å²) in [4.78, 5) is 23.7. The van der Waals surface area contributed by atoms with Gasteiger partial charge in [0.25, 0.3) is 5.91 Å². The van der Waals surface area contributed by atoms with E-state index in [4.69, 9.17) is 16.3 Å². The highest BCUT2D eigenvalue weighted by Crippen LogP contribution is 2.33. The molecule has 3 aromatic carbocycles. The molecule has 0 fully saturated rings. The monoisotopic (exact) mass is 399 g/mol. The minimum atomic E-state index is -1.31. The van der Waals surface area contributed by atoms with Crippen molar-refractivity contribution in [1.82, 2.24) is 0 Å². The van der Waals surface area contributed by atoms with Gasteiger partial charge in [0.2, 0.25) is 0 Å². The number of rotatable bonds is 5. The van der Waals surface area contributed by atoms with E-state index in [0.29, 0.717) is 21.9 Å². The summed E-state index contributed by atoms with van der Waals surface area (Å²) in [7, 11) is 1.54. The molecule has 0 saturated carbocycles. The van der Waals surface area contributed by atoms with Gasteiger partial charge in [0, 0.05) is 10.6 Å². The number of aromatic carboxylic acids is 1. The van der Waals surface area contributed by atoms with Crippen molar-refractivity contribution in [2.75, 3.05) is 12.2 Å². The number of hydrogen-bond acceptors (Lipinski definition) is 3. The predicted molar refractivity (Wildman–Crippen MR) is 105 cm³/mol. The number of amides is 1. The van der Waals surface area contributed by atoms with Crippen molar-refractivity contribution in [3.8, 4) is 16.9 Å². The maximum absolute atomic E-state index is 14.6. The van der Waals surface area contributed by atoms with E-state index < -0.39 is 11.9 Å². The summed E-state index contributed by atoms with van der Waals surface area (Å²) in [5.74, 6) is -1.75. The van der Waals surface area contributed by atoms with Crippen LogP contribution in [-0.4, -0.2) is 24.1 Å². The Labute approximate surface area is 165 Å². The fraction of sp³-hybridized carbons (Fsp3) is 0.0476. The van der Waals surface area contributed by atoms with E-state index >= 15 is 0 Å². The molecule has 0 saturated heterocycles. The van der Waals surface area contributed by atoms with Crippen molar-refractivity contribution in [3.05, 3.63) is 82.9 Å². The molecule has 0 unspecified atom stereocenters. The Hall–Kier alpha value is -3.38. The standard InChI is InChI=1S/C21H15ClFNO4/c1-28-15-10-11-19(22)18(12-15)13-6-8-14(9-7-13)24(23)20(25)16-4-2-3-5-17(16)21(26)27/h2-12H,1H3,(H,26,27). The number of nitrogens with zero attached hydrogens (tertiary/aromatic N) is 1. The number of carboxylic acid groups (broad SMARTS) is 1. The molecule has 0 spiro atoms. The van der Waals surface area contributed by atoms with Crippen LogP contribution in [0.5, 0.6) is 5.75 Å². The maximum atomic E-state index is 14.6. The summed E-state index contributed by atoms with van der Waals surface area (Å²) >= 11 is 6.22. The molecule has 0 radical (unpaired) electrons. The van der Waals surface area contributed by atoms with Gasteiger partial charge in [0.05, 0.1) is 23.9 Å². The van der Waals surface area contributed by atoms with Crippen LogP contribution in [0.25, 0.3) is 11.1 Å². The first kappa shape index (κ1) is 19.4. The highest BCUT2D eigenvalue weighted by atomic mass is 35.5. The number of benzene rings is 3. The SMILES string of the molecule is COc1ccc(Cl)c(-c2ccc(N(F)C(=O)c3ccccc3C(=O)O)cc2)c1. The van der Waals surface area contributed by atoms with Crippen LogP contribution in [0.1, 0.15) is 20.7 Å². The number of hydrogen-bond donors (Lipinski definition) is 1. The number of ether oxygens (including phenoxy) is 1. The summed E-state index contributed by atoms with van der Waals surface area (Å²) in [6.07, 6.45) is 0. The normalized spacial score (nSPS) is 10.4. The van der Waals surface area contributed by atoms with Gasteiger partial charge in [0.1, 0.15) is 5.75 Å². The van der Waals surface area contributed by atoms with E-state index in [1.54, 1.807) is 30.3 Å². The second-order valence-corrected chi connectivity index (χ2v) is 6.24. The number of methoxy groups -OCH3 is 1. The molecule has 3 rings (SSSR count). The van der Waals surface area contributed by atoms with Crippen molar-refractivity contribution in [1.29, 1.82) is 0 Å². The molecule has 0 bridgehead atoms. The van der Waals surface area contributed by atoms with Crippen LogP contribution in [-0.2, 0) is 0 Å². The zero-order valence-electron chi connectivity index (χ0n) is 14.7. The van der Waals surface area contributed by atoms with E-state index in [1.807, 2.05) is 0 Å². The largest absolute Gasteiger partial charge is 0.497 e. The second kappa shape index (κ2) is 8.10. The van der Waals surface area contributed by atoms with Crippen LogP contribution in [0, 0.1) is 0 Å². The van der Waals surface area contributed by atoms with Crippen LogP contribution >= 0.6 is 11.6 Å². The number of anilines is 1. The number of carboxylic acids is 1. The third-order valence-corrected chi connectivity index (χ3v) is 4.47. The van der Waals surface area contributed by atoms with Crippen molar-refractivity contribution in [2.45, 2.75) is 0 Å². The van der Waals surface area contributed by atoms with Gasteiger partial charge in [-0.1, -0.05) is 40.3 Å². The van der Waals surface area contributed by atoms with E-state index in [-0.39, 0.29) is 21.9 Å². The molecule has 1 amide bonds. The molecule has 0 atom stereocenters. The van der Waals surface area contributed by atoms with Crippen molar-refractivity contribution >= 4 is 29.2 Å². The number of carbonyl (C=O) groups excluding carboxylic acids is 1. The van der Waals surface area contributed by atoms with Gasteiger partial charge in [-0.2, -0.15) is 0 Å². The van der Waals surface area contributed by atoms with Gasteiger partial charge in [-0.15, -0.1) is 5.12 Å². The van der Waals surface area contributed by atoms with Crippen LogP contribution in [0.2, 0.25) is 5.02 Å². The maximum Gasteiger partial charge on any atom is 0.336 e. The molecule has 0 aliphatic carbocycles. The average molecular weight is 400 g/mol. The topological polar surface area (TPSA) is 66.8 Å². The first-order valence-electron chi connectivity index (χ1n) is 8.19. The van der Waals surface area contributed by atoms with Crippen LogP contribution < -0.4 is 9.86 Å². The summed E-state index contributed by atoms with van der Waals surface area (Å²) in [6.45, 7) is 0. The first-order chi connectivity index (χ1) is 13.4. The zero-order chi connectivity index (χ0) is 20.3. The molecule has 1 N–H and O–H groups in total. The molecule has 0 aliphatic rings. The van der Waals surface area contributed by atoms with E-state index in [2.05, 4.69) is 0 Å². The second-order valence-electron chi connectivity index (χ2n) is 5.83. The predicted octanol–water partition coefficient (Wildman–Crippen LogP) is 5.25. The van der Waals surface area contributed by atoms with Gasteiger partial charge in [-0.05, 0) is 48.0 Å². The number of halogens is 2. The molecule has 0 aliphatic heterocycles. The Balaban J connectivity index is 1.90. The van der Waals surface area contributed by atoms with Crippen LogP contribution in [0.4, 0.5) is 10.2 Å². The lowest BCUT2D eigenvalue weighted by molar-refractivity contribution is 0.0690. The Morgan fingerprint density at radius 2 is 1.64 bits per heavy atom. The van der Waals surface area contributed by atoms with E-state index in [0.717, 1.165) is 0 Å². The molecule has 0 aromatic heterocycles. The fourth-order valence-electron chi connectivity index (χ4n) is 2.70. The zero-order valence-corrected chi connectivity index (χ0v) is 15.5. The Kier molecular flexibility index (Phi) is 5.61. The van der Waals surface area contributed by atoms with E-state index in [1.165, 1.54) is 43.5 Å². The molecular formula is C21H15ClFNO4. The van der Waals surface area contributed by atoms with Crippen molar-refractivity contribution in [2.24, 2.45) is 0 Å². The van der Waals surface area contributed by atoms with Gasteiger partial charge < -0.3 is 9.84 Å². The minimum Gasteiger partial charge on any atom is -0.497 e. The fourth-order valence-corrected chi connectivity index (χ4v) is 2.93. The van der Waals surface area contributed by atoms with Gasteiger partial charge in [-0.3, -0.25) is 4.79 Å². The Bertz CT molecular complexity index is 1040. The number of carbonyl (C=O) groups is 2. The highest BCUT2D eigenvalue weighted by Gasteiger charge is 2.23. The smallest absolute Gasteiger partial charge is 0.336 e. The molecule has 142 valence electrons. The summed E-state index contributed by atoms with van der Waals surface area (Å²) in [6, 6.07) is 16.7. The lowest BCUT2D eigenvalue weighted by Crippen LogP contribution is -2.24. The summed E-state index contributed by atoms with van der Waals surface area (Å²) in [5.41, 5.74) is 0.861. The first-order valence-corrected chi connectivity index (χ1v) is 8.56. The van der Waals surface area contributed by atoms with Gasteiger partial charge in [-0.25, -0.2) is 4.79 Å². The summed E-state index contributed by atoms with van der Waals surface area (Å²) < 4.78 is 19.8. The Morgan fingerprint density at radius 3 is 2.25 bits per heavy atom. The average Bonchev–Trinajstić information content (AvgIpc) is 2.73. The van der Waals surface area contributed by atoms with Crippen molar-refractivity contribution in [3.63, 3.8) is 0 Å². The highest BCUT2D eigenvalue weighted by molar-refractivity contribution is 6.33. The van der Waals surface area contributed by atoms with Crippen LogP contribution in [0.3, 0.4) is 0 Å².